The lowest BCUT2D eigenvalue weighted by Gasteiger charge is -2.13. The molecule has 0 aliphatic carbocycles. The molecule has 0 radical (unpaired) electrons. The molecule has 0 saturated carbocycles. The van der Waals surface area contributed by atoms with E-state index in [1.807, 2.05) is 18.0 Å². The lowest BCUT2D eigenvalue weighted by atomic mass is 10.2. The summed E-state index contributed by atoms with van der Waals surface area (Å²) >= 11 is 0. The maximum absolute atomic E-state index is 14.4. The molecule has 3 aromatic rings. The first-order valence-electron chi connectivity index (χ1n) is 8.96. The fourth-order valence-corrected chi connectivity index (χ4v) is 3.07. The van der Waals surface area contributed by atoms with Crippen LogP contribution in [0.4, 0.5) is 10.2 Å². The SMILES string of the molecule is CN1CCn2c1cc(OCc1ccc(Oc3cccc(C#N)c3)c(F)c1)nc2=O. The van der Waals surface area contributed by atoms with E-state index in [0.717, 1.165) is 12.4 Å². The fourth-order valence-electron chi connectivity index (χ4n) is 3.07. The normalized spacial score (nSPS) is 12.4. The molecule has 0 amide bonds. The van der Waals surface area contributed by atoms with Gasteiger partial charge >= 0.3 is 5.69 Å². The minimum atomic E-state index is -0.560. The second-order valence-electron chi connectivity index (χ2n) is 6.60. The van der Waals surface area contributed by atoms with Gasteiger partial charge in [-0.05, 0) is 35.9 Å². The Morgan fingerprint density at radius 3 is 2.86 bits per heavy atom. The van der Waals surface area contributed by atoms with Crippen LogP contribution in [0.5, 0.6) is 17.4 Å². The molecule has 1 aliphatic rings. The van der Waals surface area contributed by atoms with Gasteiger partial charge in [0, 0.05) is 26.2 Å². The summed E-state index contributed by atoms with van der Waals surface area (Å²) in [5.74, 6) is 0.798. The molecule has 29 heavy (non-hydrogen) atoms. The Morgan fingerprint density at radius 2 is 2.07 bits per heavy atom. The molecule has 7 nitrogen and oxygen atoms in total. The van der Waals surface area contributed by atoms with Gasteiger partial charge in [0.1, 0.15) is 18.2 Å². The van der Waals surface area contributed by atoms with Crippen LogP contribution >= 0.6 is 0 Å². The van der Waals surface area contributed by atoms with E-state index in [1.165, 1.54) is 18.2 Å². The molecule has 0 atom stereocenters. The quantitative estimate of drug-likeness (QED) is 0.664. The number of aromatic nitrogens is 2. The van der Waals surface area contributed by atoms with Gasteiger partial charge in [-0.15, -0.1) is 0 Å². The standard InChI is InChI=1S/C21H17FN4O3/c1-25-7-8-26-20(25)11-19(24-21(26)27)28-13-15-5-6-18(17(22)10-15)29-16-4-2-3-14(9-16)12-23/h2-6,9-11H,7-8,13H2,1H3. The molecular formula is C21H17FN4O3. The molecule has 1 aromatic heterocycles. The zero-order valence-electron chi connectivity index (χ0n) is 15.6. The van der Waals surface area contributed by atoms with Gasteiger partial charge in [-0.25, -0.2) is 9.18 Å². The molecule has 0 spiro atoms. The maximum Gasteiger partial charge on any atom is 0.352 e. The number of benzene rings is 2. The smallest absolute Gasteiger partial charge is 0.352 e. The van der Waals surface area contributed by atoms with E-state index in [1.54, 1.807) is 34.9 Å². The van der Waals surface area contributed by atoms with Crippen LogP contribution in [0.3, 0.4) is 0 Å². The number of likely N-dealkylation sites (N-methyl/N-ethyl adjacent to an activating group) is 1. The lowest BCUT2D eigenvalue weighted by molar-refractivity contribution is 0.290. The van der Waals surface area contributed by atoms with Gasteiger partial charge in [0.25, 0.3) is 0 Å². The Morgan fingerprint density at radius 1 is 1.21 bits per heavy atom. The summed E-state index contributed by atoms with van der Waals surface area (Å²) in [4.78, 5) is 17.9. The van der Waals surface area contributed by atoms with Crippen LogP contribution in [-0.4, -0.2) is 23.1 Å². The van der Waals surface area contributed by atoms with E-state index in [4.69, 9.17) is 14.7 Å². The minimum Gasteiger partial charge on any atom is -0.473 e. The molecule has 0 bridgehead atoms. The third kappa shape index (κ3) is 3.89. The number of nitriles is 1. The van der Waals surface area contributed by atoms with Crippen molar-refractivity contribution in [3.05, 3.63) is 76.0 Å². The molecule has 146 valence electrons. The number of fused-ring (bicyclic) bond motifs is 1. The second-order valence-corrected chi connectivity index (χ2v) is 6.60. The van der Waals surface area contributed by atoms with Crippen LogP contribution in [0.25, 0.3) is 0 Å². The molecule has 0 unspecified atom stereocenters. The van der Waals surface area contributed by atoms with Crippen LogP contribution in [0.15, 0.2) is 53.3 Å². The molecular weight excluding hydrogens is 375 g/mol. The highest BCUT2D eigenvalue weighted by atomic mass is 19.1. The van der Waals surface area contributed by atoms with Crippen LogP contribution in [0.2, 0.25) is 0 Å². The predicted molar refractivity (Wildman–Crippen MR) is 104 cm³/mol. The number of ether oxygens (including phenoxy) is 2. The van der Waals surface area contributed by atoms with Crippen molar-refractivity contribution in [1.29, 1.82) is 5.26 Å². The van der Waals surface area contributed by atoms with Crippen molar-refractivity contribution in [2.45, 2.75) is 13.2 Å². The van der Waals surface area contributed by atoms with Crippen LogP contribution in [0.1, 0.15) is 11.1 Å². The lowest BCUT2D eigenvalue weighted by Crippen LogP contribution is -2.22. The summed E-state index contributed by atoms with van der Waals surface area (Å²) in [6.07, 6.45) is 0. The van der Waals surface area contributed by atoms with Gasteiger partial charge in [0.05, 0.1) is 11.6 Å². The van der Waals surface area contributed by atoms with Crippen molar-refractivity contribution < 1.29 is 13.9 Å². The third-order valence-electron chi connectivity index (χ3n) is 4.59. The summed E-state index contributed by atoms with van der Waals surface area (Å²) < 4.78 is 27.1. The third-order valence-corrected chi connectivity index (χ3v) is 4.59. The van der Waals surface area contributed by atoms with Gasteiger partial charge < -0.3 is 14.4 Å². The molecule has 2 heterocycles. The Bertz CT molecular complexity index is 1170. The van der Waals surface area contributed by atoms with E-state index >= 15 is 0 Å². The Labute approximate surface area is 166 Å². The summed E-state index contributed by atoms with van der Waals surface area (Å²) in [5, 5.41) is 8.93. The molecule has 0 saturated heterocycles. The number of halogens is 1. The number of rotatable bonds is 5. The average molecular weight is 392 g/mol. The Hall–Kier alpha value is -3.86. The van der Waals surface area contributed by atoms with Gasteiger partial charge in [-0.1, -0.05) is 12.1 Å². The van der Waals surface area contributed by atoms with Crippen molar-refractivity contribution in [3.8, 4) is 23.4 Å². The number of hydrogen-bond acceptors (Lipinski definition) is 6. The highest BCUT2D eigenvalue weighted by Crippen LogP contribution is 2.26. The summed E-state index contributed by atoms with van der Waals surface area (Å²) in [5.41, 5.74) is 0.629. The highest BCUT2D eigenvalue weighted by Gasteiger charge is 2.19. The molecule has 0 N–H and O–H groups in total. The topological polar surface area (TPSA) is 80.4 Å². The van der Waals surface area contributed by atoms with Crippen LogP contribution < -0.4 is 20.1 Å². The largest absolute Gasteiger partial charge is 0.473 e. The number of hydrogen-bond donors (Lipinski definition) is 0. The van der Waals surface area contributed by atoms with Crippen molar-refractivity contribution in [3.63, 3.8) is 0 Å². The summed E-state index contributed by atoms with van der Waals surface area (Å²) in [6, 6.07) is 14.6. The maximum atomic E-state index is 14.4. The van der Waals surface area contributed by atoms with Crippen LogP contribution in [-0.2, 0) is 13.2 Å². The molecule has 8 heteroatoms. The van der Waals surface area contributed by atoms with E-state index in [0.29, 0.717) is 23.4 Å². The average Bonchev–Trinajstić information content (AvgIpc) is 3.10. The predicted octanol–water partition coefficient (Wildman–Crippen LogP) is 3.08. The Kier molecular flexibility index (Phi) is 4.87. The van der Waals surface area contributed by atoms with Gasteiger partial charge in [0.15, 0.2) is 11.6 Å². The van der Waals surface area contributed by atoms with Crippen molar-refractivity contribution in [1.82, 2.24) is 9.55 Å². The van der Waals surface area contributed by atoms with Gasteiger partial charge in [-0.3, -0.25) is 4.57 Å². The Balaban J connectivity index is 1.46. The number of nitrogens with zero attached hydrogens (tertiary/aromatic N) is 4. The summed E-state index contributed by atoms with van der Waals surface area (Å²) in [7, 11) is 1.89. The monoisotopic (exact) mass is 392 g/mol. The van der Waals surface area contributed by atoms with Crippen molar-refractivity contribution in [2.75, 3.05) is 18.5 Å². The van der Waals surface area contributed by atoms with Crippen molar-refractivity contribution >= 4 is 5.82 Å². The zero-order valence-corrected chi connectivity index (χ0v) is 15.6. The first-order chi connectivity index (χ1) is 14.0. The first kappa shape index (κ1) is 18.5. The zero-order chi connectivity index (χ0) is 20.4. The van der Waals surface area contributed by atoms with Gasteiger partial charge in [-0.2, -0.15) is 10.2 Å². The van der Waals surface area contributed by atoms with Gasteiger partial charge in [0.2, 0.25) is 5.88 Å². The second kappa shape index (κ2) is 7.64. The molecule has 4 rings (SSSR count). The minimum absolute atomic E-state index is 0.0411. The van der Waals surface area contributed by atoms with E-state index in [9.17, 15) is 9.18 Å². The van der Waals surface area contributed by atoms with E-state index in [-0.39, 0.29) is 23.9 Å². The van der Waals surface area contributed by atoms with E-state index < -0.39 is 5.82 Å². The van der Waals surface area contributed by atoms with Crippen molar-refractivity contribution in [2.24, 2.45) is 0 Å². The van der Waals surface area contributed by atoms with E-state index in [2.05, 4.69) is 4.98 Å². The fraction of sp³-hybridized carbons (Fsp3) is 0.190. The molecule has 1 aliphatic heterocycles. The molecule has 2 aromatic carbocycles. The first-order valence-corrected chi connectivity index (χ1v) is 8.96. The summed E-state index contributed by atoms with van der Waals surface area (Å²) in [6.45, 7) is 1.40. The molecule has 0 fully saturated rings. The highest BCUT2D eigenvalue weighted by molar-refractivity contribution is 5.44. The number of anilines is 1. The van der Waals surface area contributed by atoms with Crippen LogP contribution in [0, 0.1) is 17.1 Å².